The molecule has 1 aliphatic heterocycles. The lowest BCUT2D eigenvalue weighted by Crippen LogP contribution is -2.54. The maximum absolute atomic E-state index is 12.6. The third kappa shape index (κ3) is 4.95. The van der Waals surface area contributed by atoms with Crippen molar-refractivity contribution in [3.05, 3.63) is 30.3 Å². The van der Waals surface area contributed by atoms with E-state index in [9.17, 15) is 18.0 Å². The molecule has 4 nitrogen and oxygen atoms in total. The number of ether oxygens (including phenoxy) is 1. The molecule has 2 unspecified atom stereocenters. The van der Waals surface area contributed by atoms with Crippen LogP contribution in [0.4, 0.5) is 18.9 Å². The summed E-state index contributed by atoms with van der Waals surface area (Å²) in [6, 6.07) is 9.07. The molecule has 0 aromatic heterocycles. The lowest BCUT2D eigenvalue weighted by atomic mass is 9.91. The number of carbonyl (C=O) groups is 1. The molecule has 1 aliphatic rings. The summed E-state index contributed by atoms with van der Waals surface area (Å²) in [4.78, 5) is 15.6. The number of halogens is 3. The highest BCUT2D eigenvalue weighted by molar-refractivity contribution is 5.95. The third-order valence-corrected chi connectivity index (χ3v) is 4.25. The van der Waals surface area contributed by atoms with E-state index in [1.54, 1.807) is 4.90 Å². The van der Waals surface area contributed by atoms with E-state index in [2.05, 4.69) is 0 Å². The van der Waals surface area contributed by atoms with Gasteiger partial charge in [-0.2, -0.15) is 13.2 Å². The molecule has 0 saturated carbocycles. The number of piperidine rings is 1. The van der Waals surface area contributed by atoms with Gasteiger partial charge in [-0.15, -0.1) is 0 Å². The number of methoxy groups -OCH3 is 1. The highest BCUT2D eigenvalue weighted by Gasteiger charge is 2.38. The average Bonchev–Trinajstić information content (AvgIpc) is 2.49. The molecule has 0 aliphatic carbocycles. The lowest BCUT2D eigenvalue weighted by molar-refractivity contribution is -0.150. The quantitative estimate of drug-likeness (QED) is 0.823. The van der Waals surface area contributed by atoms with Crippen molar-refractivity contribution in [3.63, 3.8) is 0 Å². The first-order valence-electron chi connectivity index (χ1n) is 7.97. The Morgan fingerprint density at radius 2 is 2.00 bits per heavy atom. The number of alkyl halides is 3. The minimum absolute atomic E-state index is 0.0512. The molecule has 1 fully saturated rings. The van der Waals surface area contributed by atoms with Gasteiger partial charge in [0.1, 0.15) is 6.61 Å². The molecule has 0 N–H and O–H groups in total. The van der Waals surface area contributed by atoms with Gasteiger partial charge >= 0.3 is 6.18 Å². The number of likely N-dealkylation sites (tertiary alicyclic amines) is 1. The minimum atomic E-state index is -4.20. The molecule has 0 bridgehead atoms. The number of hydrogen-bond acceptors (Lipinski definition) is 3. The summed E-state index contributed by atoms with van der Waals surface area (Å²) in [6.07, 6.45) is -3.70. The second-order valence-corrected chi connectivity index (χ2v) is 6.22. The van der Waals surface area contributed by atoms with Crippen molar-refractivity contribution in [2.45, 2.75) is 25.6 Å². The number of para-hydroxylation sites is 1. The zero-order chi connectivity index (χ0) is 17.7. The number of anilines is 1. The van der Waals surface area contributed by atoms with Crippen LogP contribution < -0.4 is 4.90 Å². The average molecular weight is 344 g/mol. The van der Waals surface area contributed by atoms with Crippen molar-refractivity contribution in [1.29, 1.82) is 0 Å². The van der Waals surface area contributed by atoms with Gasteiger partial charge in [0.05, 0.1) is 6.54 Å². The fourth-order valence-electron chi connectivity index (χ4n) is 3.30. The predicted molar refractivity (Wildman–Crippen MR) is 85.9 cm³/mol. The molecule has 1 saturated heterocycles. The monoisotopic (exact) mass is 344 g/mol. The van der Waals surface area contributed by atoms with Gasteiger partial charge in [-0.3, -0.25) is 9.69 Å². The molecule has 2 atom stereocenters. The summed E-state index contributed by atoms with van der Waals surface area (Å²) in [5.41, 5.74) is 0.751. The van der Waals surface area contributed by atoms with Crippen LogP contribution in [-0.2, 0) is 9.53 Å². The Balaban J connectivity index is 2.15. The topological polar surface area (TPSA) is 32.8 Å². The molecule has 0 radical (unpaired) electrons. The molecular formula is C17H23F3N2O2. The standard InChI is InChI=1S/C17H23F3N2O2/c1-13-10-21(12-17(18,19)20)9-8-15(13)22(16(23)11-24-2)14-6-4-3-5-7-14/h3-7,13,15H,8-12H2,1-2H3. The Kier molecular flexibility index (Phi) is 6.23. The summed E-state index contributed by atoms with van der Waals surface area (Å²) in [5, 5.41) is 0. The van der Waals surface area contributed by atoms with Gasteiger partial charge in [0.25, 0.3) is 5.91 Å². The first-order valence-corrected chi connectivity index (χ1v) is 7.97. The predicted octanol–water partition coefficient (Wildman–Crippen LogP) is 2.94. The van der Waals surface area contributed by atoms with Gasteiger partial charge in [-0.05, 0) is 24.5 Å². The highest BCUT2D eigenvalue weighted by atomic mass is 19.4. The molecule has 1 aromatic rings. The normalized spacial score (nSPS) is 22.4. The van der Waals surface area contributed by atoms with Crippen LogP contribution in [-0.4, -0.2) is 56.4 Å². The van der Waals surface area contributed by atoms with Crippen LogP contribution in [0, 0.1) is 5.92 Å². The number of hydrogen-bond donors (Lipinski definition) is 0. The van der Waals surface area contributed by atoms with Gasteiger partial charge in [-0.25, -0.2) is 0 Å². The van der Waals surface area contributed by atoms with Crippen molar-refractivity contribution < 1.29 is 22.7 Å². The number of amides is 1. The van der Waals surface area contributed by atoms with Gasteiger partial charge in [0.2, 0.25) is 0 Å². The Morgan fingerprint density at radius 3 is 2.54 bits per heavy atom. The van der Waals surface area contributed by atoms with E-state index in [1.165, 1.54) is 12.0 Å². The van der Waals surface area contributed by atoms with Gasteiger partial charge in [0, 0.05) is 31.9 Å². The molecule has 134 valence electrons. The summed E-state index contributed by atoms with van der Waals surface area (Å²) in [6.45, 7) is 1.57. The van der Waals surface area contributed by atoms with Gasteiger partial charge in [-0.1, -0.05) is 25.1 Å². The van der Waals surface area contributed by atoms with Crippen LogP contribution in [0.15, 0.2) is 30.3 Å². The van der Waals surface area contributed by atoms with Crippen LogP contribution in [0.2, 0.25) is 0 Å². The third-order valence-electron chi connectivity index (χ3n) is 4.25. The Bertz CT molecular complexity index is 536. The minimum Gasteiger partial charge on any atom is -0.375 e. The number of carbonyl (C=O) groups excluding carboxylic acids is 1. The highest BCUT2D eigenvalue weighted by Crippen LogP contribution is 2.29. The maximum Gasteiger partial charge on any atom is 0.401 e. The van der Waals surface area contributed by atoms with Crippen molar-refractivity contribution >= 4 is 11.6 Å². The van der Waals surface area contributed by atoms with Crippen LogP contribution in [0.5, 0.6) is 0 Å². The molecule has 2 rings (SSSR count). The van der Waals surface area contributed by atoms with Crippen molar-refractivity contribution in [2.24, 2.45) is 5.92 Å². The van der Waals surface area contributed by atoms with Crippen LogP contribution in [0.1, 0.15) is 13.3 Å². The van der Waals surface area contributed by atoms with E-state index in [1.807, 2.05) is 37.3 Å². The van der Waals surface area contributed by atoms with E-state index in [0.717, 1.165) is 5.69 Å². The number of rotatable bonds is 5. The summed E-state index contributed by atoms with van der Waals surface area (Å²) >= 11 is 0. The van der Waals surface area contributed by atoms with Gasteiger partial charge < -0.3 is 9.64 Å². The molecular weight excluding hydrogens is 321 g/mol. The number of benzene rings is 1. The van der Waals surface area contributed by atoms with Crippen molar-refractivity contribution in [3.8, 4) is 0 Å². The van der Waals surface area contributed by atoms with Crippen LogP contribution in [0.3, 0.4) is 0 Å². The van der Waals surface area contributed by atoms with Gasteiger partial charge in [0.15, 0.2) is 0 Å². The molecule has 7 heteroatoms. The van der Waals surface area contributed by atoms with Crippen molar-refractivity contribution in [1.82, 2.24) is 4.90 Å². The largest absolute Gasteiger partial charge is 0.401 e. The summed E-state index contributed by atoms with van der Waals surface area (Å²) < 4.78 is 42.8. The molecule has 24 heavy (non-hydrogen) atoms. The summed E-state index contributed by atoms with van der Waals surface area (Å²) in [7, 11) is 1.45. The van der Waals surface area contributed by atoms with Crippen LogP contribution in [0.25, 0.3) is 0 Å². The second kappa shape index (κ2) is 7.98. The maximum atomic E-state index is 12.6. The number of nitrogens with zero attached hydrogens (tertiary/aromatic N) is 2. The SMILES string of the molecule is COCC(=O)N(c1ccccc1)C1CCN(CC(F)(F)F)CC1C. The van der Waals surface area contributed by atoms with E-state index in [4.69, 9.17) is 4.74 Å². The smallest absolute Gasteiger partial charge is 0.375 e. The molecule has 1 amide bonds. The first kappa shape index (κ1) is 18.7. The fourth-order valence-corrected chi connectivity index (χ4v) is 3.30. The Labute approximate surface area is 140 Å². The Morgan fingerprint density at radius 1 is 1.33 bits per heavy atom. The molecule has 1 heterocycles. The fraction of sp³-hybridized carbons (Fsp3) is 0.588. The van der Waals surface area contributed by atoms with Crippen molar-refractivity contribution in [2.75, 3.05) is 38.3 Å². The van der Waals surface area contributed by atoms with E-state index in [-0.39, 0.29) is 24.5 Å². The van der Waals surface area contributed by atoms with E-state index in [0.29, 0.717) is 19.5 Å². The Hall–Kier alpha value is -1.60. The summed E-state index contributed by atoms with van der Waals surface area (Å²) in [5.74, 6) is -0.244. The second-order valence-electron chi connectivity index (χ2n) is 6.22. The van der Waals surface area contributed by atoms with Crippen LogP contribution >= 0.6 is 0 Å². The van der Waals surface area contributed by atoms with E-state index >= 15 is 0 Å². The zero-order valence-electron chi connectivity index (χ0n) is 13.9. The molecule has 0 spiro atoms. The lowest BCUT2D eigenvalue weighted by Gasteiger charge is -2.42. The van der Waals surface area contributed by atoms with E-state index < -0.39 is 12.7 Å². The zero-order valence-corrected chi connectivity index (χ0v) is 13.9. The first-order chi connectivity index (χ1) is 11.3. The molecule has 1 aromatic carbocycles.